The van der Waals surface area contributed by atoms with Crippen molar-refractivity contribution in [3.8, 4) is 0 Å². The number of rotatable bonds is 3. The highest BCUT2D eigenvalue weighted by molar-refractivity contribution is 5.20. The minimum Gasteiger partial charge on any atom is -0.381 e. The van der Waals surface area contributed by atoms with Gasteiger partial charge in [0.15, 0.2) is 0 Å². The van der Waals surface area contributed by atoms with Crippen LogP contribution in [0.5, 0.6) is 0 Å². The van der Waals surface area contributed by atoms with Crippen molar-refractivity contribution in [2.75, 3.05) is 20.2 Å². The van der Waals surface area contributed by atoms with Crippen LogP contribution in [0.4, 0.5) is 0 Å². The maximum absolute atomic E-state index is 5.64. The lowest BCUT2D eigenvalue weighted by Crippen LogP contribution is -2.55. The molecule has 1 heterocycles. The van der Waals surface area contributed by atoms with Crippen molar-refractivity contribution < 1.29 is 4.74 Å². The van der Waals surface area contributed by atoms with Gasteiger partial charge in [-0.3, -0.25) is 4.90 Å². The molecule has 21 heavy (non-hydrogen) atoms. The van der Waals surface area contributed by atoms with E-state index in [0.29, 0.717) is 24.2 Å². The second-order valence-corrected chi connectivity index (χ2v) is 6.61. The minimum atomic E-state index is 0.449. The van der Waals surface area contributed by atoms with Gasteiger partial charge in [-0.1, -0.05) is 30.3 Å². The molecule has 1 saturated carbocycles. The first kappa shape index (κ1) is 15.0. The highest BCUT2D eigenvalue weighted by Gasteiger charge is 2.34. The van der Waals surface area contributed by atoms with Crippen LogP contribution in [0, 0.1) is 0 Å². The van der Waals surface area contributed by atoms with Crippen molar-refractivity contribution >= 4 is 0 Å². The Hall–Kier alpha value is -0.900. The standard InChI is InChI=1S/C18H28N2O/c1-14-13-20(16-9-6-10-17(11-16)21-2)18(12-19-14)15-7-4-3-5-8-15/h3-5,7-8,14,16-19H,6,9-13H2,1-2H3. The molecule has 0 radical (unpaired) electrons. The third kappa shape index (κ3) is 3.47. The lowest BCUT2D eigenvalue weighted by Gasteiger charge is -2.46. The molecule has 1 aliphatic carbocycles. The Balaban J connectivity index is 1.78. The summed E-state index contributed by atoms with van der Waals surface area (Å²) in [5.41, 5.74) is 1.44. The first-order valence-corrected chi connectivity index (χ1v) is 8.35. The van der Waals surface area contributed by atoms with Gasteiger partial charge in [0.2, 0.25) is 0 Å². The van der Waals surface area contributed by atoms with Crippen molar-refractivity contribution in [2.45, 2.75) is 56.8 Å². The maximum atomic E-state index is 5.64. The molecule has 1 saturated heterocycles. The molecule has 1 aromatic rings. The SMILES string of the molecule is COC1CCCC(N2CC(C)NCC2c2ccccc2)C1. The predicted molar refractivity (Wildman–Crippen MR) is 86.4 cm³/mol. The van der Waals surface area contributed by atoms with Crippen molar-refractivity contribution in [3.63, 3.8) is 0 Å². The molecular formula is C18H28N2O. The van der Waals surface area contributed by atoms with E-state index in [2.05, 4.69) is 47.5 Å². The van der Waals surface area contributed by atoms with E-state index >= 15 is 0 Å². The number of piperazine rings is 1. The van der Waals surface area contributed by atoms with Gasteiger partial charge in [-0.25, -0.2) is 0 Å². The van der Waals surface area contributed by atoms with Gasteiger partial charge in [-0.2, -0.15) is 0 Å². The fraction of sp³-hybridized carbons (Fsp3) is 0.667. The molecule has 1 N–H and O–H groups in total. The third-order valence-corrected chi connectivity index (χ3v) is 5.13. The van der Waals surface area contributed by atoms with Gasteiger partial charge in [0.25, 0.3) is 0 Å². The summed E-state index contributed by atoms with van der Waals surface area (Å²) in [6, 6.07) is 12.7. The molecule has 1 aromatic carbocycles. The van der Waals surface area contributed by atoms with Crippen LogP contribution < -0.4 is 5.32 Å². The normalized spacial score (nSPS) is 34.8. The molecule has 4 unspecified atom stereocenters. The van der Waals surface area contributed by atoms with E-state index in [-0.39, 0.29) is 0 Å². The van der Waals surface area contributed by atoms with Crippen LogP contribution in [-0.4, -0.2) is 43.3 Å². The van der Waals surface area contributed by atoms with E-state index in [4.69, 9.17) is 4.74 Å². The van der Waals surface area contributed by atoms with Crippen molar-refractivity contribution in [3.05, 3.63) is 35.9 Å². The lowest BCUT2D eigenvalue weighted by atomic mass is 9.88. The summed E-state index contributed by atoms with van der Waals surface area (Å²) in [7, 11) is 1.86. The van der Waals surface area contributed by atoms with Gasteiger partial charge in [0.05, 0.1) is 6.10 Å². The Morgan fingerprint density at radius 2 is 2.00 bits per heavy atom. The monoisotopic (exact) mass is 288 g/mol. The van der Waals surface area contributed by atoms with Crippen LogP contribution in [0.1, 0.15) is 44.2 Å². The summed E-state index contributed by atoms with van der Waals surface area (Å²) < 4.78 is 5.64. The third-order valence-electron chi connectivity index (χ3n) is 5.13. The number of hydrogen-bond donors (Lipinski definition) is 1. The number of benzene rings is 1. The van der Waals surface area contributed by atoms with Crippen LogP contribution in [0.2, 0.25) is 0 Å². The minimum absolute atomic E-state index is 0.449. The van der Waals surface area contributed by atoms with E-state index in [9.17, 15) is 0 Å². The summed E-state index contributed by atoms with van der Waals surface area (Å²) >= 11 is 0. The zero-order valence-corrected chi connectivity index (χ0v) is 13.3. The summed E-state index contributed by atoms with van der Waals surface area (Å²) in [6.07, 6.45) is 5.47. The van der Waals surface area contributed by atoms with Crippen molar-refractivity contribution in [1.29, 1.82) is 0 Å². The predicted octanol–water partition coefficient (Wildman–Crippen LogP) is 2.98. The Morgan fingerprint density at radius 1 is 1.19 bits per heavy atom. The van der Waals surface area contributed by atoms with Crippen molar-refractivity contribution in [2.24, 2.45) is 0 Å². The second kappa shape index (κ2) is 6.91. The lowest BCUT2D eigenvalue weighted by molar-refractivity contribution is 0.000736. The molecule has 2 fully saturated rings. The van der Waals surface area contributed by atoms with E-state index in [0.717, 1.165) is 13.1 Å². The summed E-state index contributed by atoms with van der Waals surface area (Å²) in [5.74, 6) is 0. The van der Waals surface area contributed by atoms with Crippen LogP contribution >= 0.6 is 0 Å². The number of methoxy groups -OCH3 is 1. The number of ether oxygens (including phenoxy) is 1. The Labute approximate surface area is 128 Å². The van der Waals surface area contributed by atoms with Crippen LogP contribution in [0.15, 0.2) is 30.3 Å². The molecule has 1 aliphatic heterocycles. The molecule has 3 heteroatoms. The van der Waals surface area contributed by atoms with E-state index in [1.54, 1.807) is 0 Å². The molecule has 0 aromatic heterocycles. The topological polar surface area (TPSA) is 24.5 Å². The van der Waals surface area contributed by atoms with Crippen LogP contribution in [0.3, 0.4) is 0 Å². The Bertz CT molecular complexity index is 436. The average molecular weight is 288 g/mol. The summed E-state index contributed by atoms with van der Waals surface area (Å²) in [5, 5.41) is 3.65. The molecule has 116 valence electrons. The fourth-order valence-corrected chi connectivity index (χ4v) is 3.96. The smallest absolute Gasteiger partial charge is 0.0586 e. The zero-order chi connectivity index (χ0) is 14.7. The number of nitrogens with zero attached hydrogens (tertiary/aromatic N) is 1. The first-order chi connectivity index (χ1) is 10.3. The molecule has 2 aliphatic rings. The first-order valence-electron chi connectivity index (χ1n) is 8.35. The van der Waals surface area contributed by atoms with Gasteiger partial charge in [0.1, 0.15) is 0 Å². The Kier molecular flexibility index (Phi) is 4.94. The molecule has 3 nitrogen and oxygen atoms in total. The summed E-state index contributed by atoms with van der Waals surface area (Å²) in [6.45, 7) is 4.49. The zero-order valence-electron chi connectivity index (χ0n) is 13.3. The highest BCUT2D eigenvalue weighted by atomic mass is 16.5. The fourth-order valence-electron chi connectivity index (χ4n) is 3.96. The van der Waals surface area contributed by atoms with Crippen molar-refractivity contribution in [1.82, 2.24) is 10.2 Å². The number of hydrogen-bond acceptors (Lipinski definition) is 3. The quantitative estimate of drug-likeness (QED) is 0.925. The van der Waals surface area contributed by atoms with Gasteiger partial charge < -0.3 is 10.1 Å². The van der Waals surface area contributed by atoms with Gasteiger partial charge in [-0.05, 0) is 38.2 Å². The largest absolute Gasteiger partial charge is 0.381 e. The molecular weight excluding hydrogens is 260 g/mol. The molecule has 0 amide bonds. The van der Waals surface area contributed by atoms with E-state index in [1.165, 1.54) is 31.2 Å². The second-order valence-electron chi connectivity index (χ2n) is 6.61. The van der Waals surface area contributed by atoms with Crippen LogP contribution in [-0.2, 0) is 4.74 Å². The molecule has 4 atom stereocenters. The van der Waals surface area contributed by atoms with Gasteiger partial charge in [0, 0.05) is 38.3 Å². The molecule has 3 rings (SSSR count). The number of nitrogens with one attached hydrogen (secondary N) is 1. The van der Waals surface area contributed by atoms with E-state index < -0.39 is 0 Å². The summed E-state index contributed by atoms with van der Waals surface area (Å²) in [4.78, 5) is 2.74. The molecule has 0 spiro atoms. The molecule has 0 bridgehead atoms. The van der Waals surface area contributed by atoms with Crippen LogP contribution in [0.25, 0.3) is 0 Å². The van der Waals surface area contributed by atoms with E-state index in [1.807, 2.05) is 7.11 Å². The average Bonchev–Trinajstić information content (AvgIpc) is 2.55. The highest BCUT2D eigenvalue weighted by Crippen LogP contribution is 2.32. The van der Waals surface area contributed by atoms with Gasteiger partial charge in [-0.15, -0.1) is 0 Å². The maximum Gasteiger partial charge on any atom is 0.0586 e. The van der Waals surface area contributed by atoms with Gasteiger partial charge >= 0.3 is 0 Å². The Morgan fingerprint density at radius 3 is 2.76 bits per heavy atom.